The number of carbonyl (C=O) groups excluding carboxylic acids is 3. The van der Waals surface area contributed by atoms with Gasteiger partial charge in [-0.2, -0.15) is 0 Å². The predicted octanol–water partition coefficient (Wildman–Crippen LogP) is 2.72. The normalized spacial score (nSPS) is 13.6. The lowest BCUT2D eigenvalue weighted by atomic mass is 10.2. The zero-order valence-electron chi connectivity index (χ0n) is 11.4. The Bertz CT molecular complexity index is 546. The number of hydrogen-bond acceptors (Lipinski definition) is 5. The first-order valence-electron chi connectivity index (χ1n) is 5.82. The highest BCUT2D eigenvalue weighted by atomic mass is 79.9. The summed E-state index contributed by atoms with van der Waals surface area (Å²) in [6, 6.07) is 3.30. The number of halogens is 2. The topological polar surface area (TPSA) is 72.9 Å². The van der Waals surface area contributed by atoms with Crippen molar-refractivity contribution in [3.05, 3.63) is 22.2 Å². The fourth-order valence-corrected chi connectivity index (χ4v) is 2.53. The van der Waals surface area contributed by atoms with Crippen LogP contribution in [0.1, 0.15) is 23.2 Å². The molecule has 0 atom stereocenters. The molecule has 21 heavy (non-hydrogen) atoms. The van der Waals surface area contributed by atoms with Crippen LogP contribution in [-0.4, -0.2) is 36.2 Å². The summed E-state index contributed by atoms with van der Waals surface area (Å²) in [6.45, 7) is 0. The number of ether oxygens (including phenoxy) is 2. The third-order valence-corrected chi connectivity index (χ3v) is 3.96. The highest BCUT2D eigenvalue weighted by molar-refractivity contribution is 9.10. The summed E-state index contributed by atoms with van der Waals surface area (Å²) in [6.07, 6.45) is 1.46. The van der Waals surface area contributed by atoms with Crippen LogP contribution in [0.4, 0.5) is 0 Å². The van der Waals surface area contributed by atoms with Crippen LogP contribution in [-0.2, 0) is 9.59 Å². The van der Waals surface area contributed by atoms with Crippen LogP contribution in [0.15, 0.2) is 16.6 Å². The fraction of sp³-hybridized carbons (Fsp3) is 0.308. The quantitative estimate of drug-likeness (QED) is 0.425. The van der Waals surface area contributed by atoms with E-state index in [2.05, 4.69) is 32.1 Å². The van der Waals surface area contributed by atoms with Crippen LogP contribution < -0.4 is 9.47 Å². The van der Waals surface area contributed by atoms with Gasteiger partial charge in [0.1, 0.15) is 6.29 Å². The molecule has 0 aromatic heterocycles. The maximum Gasteiger partial charge on any atom is 0.239 e. The molecule has 8 heteroatoms. The molecule has 0 aliphatic carbocycles. The number of nitrogens with zero attached hydrogens (tertiary/aromatic N) is 1. The van der Waals surface area contributed by atoms with Gasteiger partial charge < -0.3 is 9.47 Å². The number of amides is 2. The van der Waals surface area contributed by atoms with Crippen molar-refractivity contribution < 1.29 is 23.9 Å². The number of methoxy groups -OCH3 is 2. The highest BCUT2D eigenvalue weighted by Gasteiger charge is 2.26. The number of hydrogen-bond donors (Lipinski definition) is 0. The minimum Gasteiger partial charge on any atom is -0.493 e. The molecule has 0 saturated carbocycles. The Kier molecular flexibility index (Phi) is 6.83. The molecule has 1 fully saturated rings. The van der Waals surface area contributed by atoms with Gasteiger partial charge in [0.15, 0.2) is 11.5 Å². The third kappa shape index (κ3) is 4.53. The van der Waals surface area contributed by atoms with Crippen molar-refractivity contribution in [2.45, 2.75) is 12.8 Å². The Morgan fingerprint density at radius 3 is 2.05 bits per heavy atom. The van der Waals surface area contributed by atoms with E-state index in [-0.39, 0.29) is 11.8 Å². The van der Waals surface area contributed by atoms with Gasteiger partial charge in [-0.1, -0.05) is 0 Å². The molecule has 1 saturated heterocycles. The van der Waals surface area contributed by atoms with E-state index in [1.807, 2.05) is 0 Å². The molecule has 114 valence electrons. The van der Waals surface area contributed by atoms with Crippen molar-refractivity contribution in [2.75, 3.05) is 14.2 Å². The first-order chi connectivity index (χ1) is 9.94. The number of carbonyl (C=O) groups is 3. The van der Waals surface area contributed by atoms with Crippen LogP contribution in [0.3, 0.4) is 0 Å². The molecule has 0 unspecified atom stereocenters. The summed E-state index contributed by atoms with van der Waals surface area (Å²) in [4.78, 5) is 31.4. The van der Waals surface area contributed by atoms with Gasteiger partial charge in [-0.3, -0.25) is 14.4 Å². The van der Waals surface area contributed by atoms with Gasteiger partial charge in [0.25, 0.3) is 0 Å². The SMILES string of the molecule is COc1cc(C=O)cc(Br)c1OC.O=C1CCC(=O)N1Br. The van der Waals surface area contributed by atoms with Gasteiger partial charge >= 0.3 is 0 Å². The van der Waals surface area contributed by atoms with Gasteiger partial charge in [0.05, 0.1) is 34.8 Å². The molecule has 0 bridgehead atoms. The van der Waals surface area contributed by atoms with Gasteiger partial charge in [-0.05, 0) is 28.1 Å². The first kappa shape index (κ1) is 17.6. The van der Waals surface area contributed by atoms with E-state index < -0.39 is 0 Å². The summed E-state index contributed by atoms with van der Waals surface area (Å²) in [5.74, 6) is 0.845. The van der Waals surface area contributed by atoms with Crippen molar-refractivity contribution in [1.82, 2.24) is 3.93 Å². The monoisotopic (exact) mass is 421 g/mol. The minimum absolute atomic E-state index is 0.144. The largest absolute Gasteiger partial charge is 0.493 e. The van der Waals surface area contributed by atoms with Crippen LogP contribution in [0.5, 0.6) is 11.5 Å². The Morgan fingerprint density at radius 1 is 1.14 bits per heavy atom. The van der Waals surface area contributed by atoms with Crippen molar-refractivity contribution in [3.63, 3.8) is 0 Å². The van der Waals surface area contributed by atoms with E-state index in [0.717, 1.165) is 10.2 Å². The van der Waals surface area contributed by atoms with E-state index in [1.165, 1.54) is 7.11 Å². The molecule has 1 aromatic rings. The maximum absolute atomic E-state index is 10.5. The van der Waals surface area contributed by atoms with Crippen LogP contribution in [0.2, 0.25) is 0 Å². The van der Waals surface area contributed by atoms with Gasteiger partial charge in [-0.25, -0.2) is 3.93 Å². The first-order valence-corrected chi connectivity index (χ1v) is 7.33. The van der Waals surface area contributed by atoms with Gasteiger partial charge in [0, 0.05) is 18.4 Å². The fourth-order valence-electron chi connectivity index (χ4n) is 1.56. The summed E-state index contributed by atoms with van der Waals surface area (Å²) in [5.41, 5.74) is 0.546. The van der Waals surface area contributed by atoms with Crippen LogP contribution in [0, 0.1) is 0 Å². The lowest BCUT2D eigenvalue weighted by Gasteiger charge is -2.09. The number of imide groups is 1. The molecule has 1 aromatic carbocycles. The summed E-state index contributed by atoms with van der Waals surface area (Å²) < 4.78 is 11.8. The molecule has 1 heterocycles. The molecule has 1 aliphatic heterocycles. The van der Waals surface area contributed by atoms with Crippen molar-refractivity contribution >= 4 is 50.2 Å². The van der Waals surface area contributed by atoms with Crippen molar-refractivity contribution in [2.24, 2.45) is 0 Å². The average Bonchev–Trinajstić information content (AvgIpc) is 2.78. The lowest BCUT2D eigenvalue weighted by Crippen LogP contribution is -2.16. The molecule has 2 rings (SSSR count). The summed E-state index contributed by atoms with van der Waals surface area (Å²) >= 11 is 6.08. The number of aldehydes is 1. The molecule has 0 N–H and O–H groups in total. The molecule has 1 aliphatic rings. The van der Waals surface area contributed by atoms with E-state index in [0.29, 0.717) is 34.4 Å². The van der Waals surface area contributed by atoms with Gasteiger partial charge in [-0.15, -0.1) is 0 Å². The van der Waals surface area contributed by atoms with E-state index in [4.69, 9.17) is 9.47 Å². The maximum atomic E-state index is 10.5. The van der Waals surface area contributed by atoms with Crippen molar-refractivity contribution in [1.29, 1.82) is 0 Å². The Hall–Kier alpha value is -1.41. The Balaban J connectivity index is 0.000000235. The van der Waals surface area contributed by atoms with E-state index >= 15 is 0 Å². The smallest absolute Gasteiger partial charge is 0.239 e. The second-order valence-electron chi connectivity index (χ2n) is 3.92. The van der Waals surface area contributed by atoms with E-state index in [1.54, 1.807) is 19.2 Å². The van der Waals surface area contributed by atoms with Crippen LogP contribution >= 0.6 is 32.1 Å². The molecule has 0 radical (unpaired) electrons. The number of benzene rings is 1. The second kappa shape index (κ2) is 8.14. The Morgan fingerprint density at radius 2 is 1.71 bits per heavy atom. The minimum atomic E-state index is -0.144. The predicted molar refractivity (Wildman–Crippen MR) is 82.6 cm³/mol. The van der Waals surface area contributed by atoms with Gasteiger partial charge in [0.2, 0.25) is 11.8 Å². The van der Waals surface area contributed by atoms with Crippen LogP contribution in [0.25, 0.3) is 0 Å². The molecule has 6 nitrogen and oxygen atoms in total. The highest BCUT2D eigenvalue weighted by Crippen LogP contribution is 2.35. The zero-order chi connectivity index (χ0) is 16.0. The molecular weight excluding hydrogens is 410 g/mol. The second-order valence-corrected chi connectivity index (χ2v) is 5.49. The van der Waals surface area contributed by atoms with Crippen molar-refractivity contribution in [3.8, 4) is 11.5 Å². The standard InChI is InChI=1S/C9H9BrO3.C4H4BrNO2/c1-12-8-4-6(5-11)3-7(10)9(8)13-2;5-6-3(7)1-2-4(6)8/h3-5H,1-2H3;1-2H2. The third-order valence-electron chi connectivity index (χ3n) is 2.58. The van der Waals surface area contributed by atoms with E-state index in [9.17, 15) is 14.4 Å². The molecular formula is C13H13Br2NO5. The average molecular weight is 423 g/mol. The zero-order valence-corrected chi connectivity index (χ0v) is 14.6. The summed E-state index contributed by atoms with van der Waals surface area (Å²) in [5, 5.41) is 0. The molecule has 0 spiro atoms. The lowest BCUT2D eigenvalue weighted by molar-refractivity contribution is -0.131. The Labute approximate surface area is 138 Å². The number of rotatable bonds is 3. The molecule has 2 amide bonds. The summed E-state index contributed by atoms with van der Waals surface area (Å²) in [7, 11) is 3.07.